The number of nitrogens with one attached hydrogen (secondary N) is 1. The van der Waals surface area contributed by atoms with E-state index in [1.54, 1.807) is 0 Å². The van der Waals surface area contributed by atoms with Gasteiger partial charge in [0.05, 0.1) is 12.7 Å². The fourth-order valence-corrected chi connectivity index (χ4v) is 4.69. The molecule has 0 spiro atoms. The van der Waals surface area contributed by atoms with E-state index in [9.17, 15) is 0 Å². The largest absolute Gasteiger partial charge is 0.374 e. The van der Waals surface area contributed by atoms with E-state index in [0.29, 0.717) is 18.2 Å². The van der Waals surface area contributed by atoms with E-state index in [1.807, 2.05) is 0 Å². The molecule has 150 valence electrons. The van der Waals surface area contributed by atoms with E-state index in [-0.39, 0.29) is 0 Å². The van der Waals surface area contributed by atoms with Gasteiger partial charge in [0.15, 0.2) is 0 Å². The summed E-state index contributed by atoms with van der Waals surface area (Å²) in [4.78, 5) is 2.56. The Labute approximate surface area is 170 Å². The van der Waals surface area contributed by atoms with Gasteiger partial charge in [0.1, 0.15) is 0 Å². The van der Waals surface area contributed by atoms with Crippen molar-refractivity contribution in [2.75, 3.05) is 13.1 Å². The molecule has 1 N–H and O–H groups in total. The summed E-state index contributed by atoms with van der Waals surface area (Å²) in [6.45, 7) is 8.56. The Kier molecular flexibility index (Phi) is 6.46. The molecule has 2 aromatic carbocycles. The van der Waals surface area contributed by atoms with Crippen molar-refractivity contribution < 1.29 is 4.74 Å². The third-order valence-corrected chi connectivity index (χ3v) is 6.07. The van der Waals surface area contributed by atoms with E-state index in [0.717, 1.165) is 26.2 Å². The molecule has 1 heterocycles. The first kappa shape index (κ1) is 19.6. The number of benzene rings is 2. The van der Waals surface area contributed by atoms with Crippen molar-refractivity contribution >= 4 is 0 Å². The molecule has 0 aromatic heterocycles. The van der Waals surface area contributed by atoms with Gasteiger partial charge in [-0.2, -0.15) is 0 Å². The highest BCUT2D eigenvalue weighted by Gasteiger charge is 2.20. The Morgan fingerprint density at radius 3 is 1.93 bits per heavy atom. The van der Waals surface area contributed by atoms with Gasteiger partial charge in [-0.05, 0) is 48.9 Å². The van der Waals surface area contributed by atoms with Gasteiger partial charge in [-0.3, -0.25) is 4.90 Å². The highest BCUT2D eigenvalue weighted by atomic mass is 16.5. The van der Waals surface area contributed by atoms with Gasteiger partial charge in [-0.15, -0.1) is 0 Å². The minimum atomic E-state index is 0.480. The first-order valence-corrected chi connectivity index (χ1v) is 10.9. The van der Waals surface area contributed by atoms with Crippen LogP contribution in [0.4, 0.5) is 0 Å². The molecule has 4 rings (SSSR count). The molecule has 2 atom stereocenters. The zero-order chi connectivity index (χ0) is 19.3. The smallest absolute Gasteiger partial charge is 0.0720 e. The number of hydrogen-bond acceptors (Lipinski definition) is 3. The molecule has 3 heteroatoms. The van der Waals surface area contributed by atoms with Gasteiger partial charge >= 0.3 is 0 Å². The van der Waals surface area contributed by atoms with Gasteiger partial charge in [0.2, 0.25) is 0 Å². The van der Waals surface area contributed by atoms with Crippen LogP contribution in [0.15, 0.2) is 48.5 Å². The minimum Gasteiger partial charge on any atom is -0.374 e. The van der Waals surface area contributed by atoms with Crippen LogP contribution >= 0.6 is 0 Å². The highest BCUT2D eigenvalue weighted by molar-refractivity contribution is 5.63. The van der Waals surface area contributed by atoms with Crippen LogP contribution in [0.3, 0.4) is 0 Å². The Morgan fingerprint density at radius 2 is 1.36 bits per heavy atom. The molecule has 2 aliphatic rings. The van der Waals surface area contributed by atoms with Gasteiger partial charge in [0, 0.05) is 31.7 Å². The van der Waals surface area contributed by atoms with Crippen LogP contribution in [0.2, 0.25) is 0 Å². The predicted molar refractivity (Wildman–Crippen MR) is 116 cm³/mol. The molecular weight excluding hydrogens is 344 g/mol. The van der Waals surface area contributed by atoms with Crippen molar-refractivity contribution in [1.29, 1.82) is 0 Å². The van der Waals surface area contributed by atoms with Crippen molar-refractivity contribution in [3.05, 3.63) is 59.7 Å². The van der Waals surface area contributed by atoms with Gasteiger partial charge in [-0.25, -0.2) is 0 Å². The van der Waals surface area contributed by atoms with Crippen LogP contribution in [0, 0.1) is 0 Å². The zero-order valence-electron chi connectivity index (χ0n) is 17.4. The second kappa shape index (κ2) is 9.21. The Hall–Kier alpha value is -1.68. The van der Waals surface area contributed by atoms with E-state index in [4.69, 9.17) is 4.74 Å². The second-order valence-corrected chi connectivity index (χ2v) is 8.77. The summed E-state index contributed by atoms with van der Waals surface area (Å²) in [6, 6.07) is 19.1. The molecule has 1 saturated carbocycles. The van der Waals surface area contributed by atoms with E-state index in [2.05, 4.69) is 72.6 Å². The first-order chi connectivity index (χ1) is 13.7. The SMILES string of the molecule is C[C@@H]1CN(Cc2ccc(-c3ccc(COC4CCCC4)cc3)cc2)C[C@H](C)N1. The lowest BCUT2D eigenvalue weighted by atomic mass is 10.0. The number of ether oxygens (including phenoxy) is 1. The molecule has 1 saturated heterocycles. The molecule has 28 heavy (non-hydrogen) atoms. The van der Waals surface area contributed by atoms with Crippen molar-refractivity contribution in [3.8, 4) is 11.1 Å². The lowest BCUT2D eigenvalue weighted by Gasteiger charge is -2.36. The summed E-state index contributed by atoms with van der Waals surface area (Å²) in [7, 11) is 0. The molecule has 0 unspecified atom stereocenters. The molecule has 2 fully saturated rings. The fourth-order valence-electron chi connectivity index (χ4n) is 4.69. The molecule has 1 aliphatic carbocycles. The summed E-state index contributed by atoms with van der Waals surface area (Å²) in [5, 5.41) is 3.60. The molecule has 0 amide bonds. The van der Waals surface area contributed by atoms with Crippen molar-refractivity contribution in [1.82, 2.24) is 10.2 Å². The fraction of sp³-hybridized carbons (Fsp3) is 0.520. The van der Waals surface area contributed by atoms with Crippen LogP contribution < -0.4 is 5.32 Å². The van der Waals surface area contributed by atoms with Crippen molar-refractivity contribution in [2.24, 2.45) is 0 Å². The standard InChI is InChI=1S/C25H34N2O/c1-19-15-27(16-20(2)26-19)17-21-7-11-23(12-8-21)24-13-9-22(10-14-24)18-28-25-5-3-4-6-25/h7-14,19-20,25-26H,3-6,15-18H2,1-2H3/t19-,20+. The van der Waals surface area contributed by atoms with Crippen LogP contribution in [0.25, 0.3) is 11.1 Å². The van der Waals surface area contributed by atoms with Crippen molar-refractivity contribution in [2.45, 2.75) is 70.9 Å². The summed E-state index contributed by atoms with van der Waals surface area (Å²) >= 11 is 0. The molecule has 2 aromatic rings. The third-order valence-electron chi connectivity index (χ3n) is 6.07. The third kappa shape index (κ3) is 5.22. The average Bonchev–Trinajstić information content (AvgIpc) is 3.20. The molecule has 0 bridgehead atoms. The number of rotatable bonds is 6. The number of nitrogens with zero attached hydrogens (tertiary/aromatic N) is 1. The van der Waals surface area contributed by atoms with E-state index in [1.165, 1.54) is 47.9 Å². The van der Waals surface area contributed by atoms with E-state index < -0.39 is 0 Å². The normalized spacial score (nSPS) is 23.9. The quantitative estimate of drug-likeness (QED) is 0.766. The van der Waals surface area contributed by atoms with Crippen LogP contribution in [0.5, 0.6) is 0 Å². The van der Waals surface area contributed by atoms with Crippen LogP contribution in [-0.2, 0) is 17.9 Å². The summed E-state index contributed by atoms with van der Waals surface area (Å²) in [5.41, 5.74) is 5.23. The highest BCUT2D eigenvalue weighted by Crippen LogP contribution is 2.24. The van der Waals surface area contributed by atoms with Crippen molar-refractivity contribution in [3.63, 3.8) is 0 Å². The van der Waals surface area contributed by atoms with E-state index >= 15 is 0 Å². The topological polar surface area (TPSA) is 24.5 Å². The van der Waals surface area contributed by atoms with Gasteiger partial charge in [0.25, 0.3) is 0 Å². The van der Waals surface area contributed by atoms with Crippen LogP contribution in [-0.4, -0.2) is 36.2 Å². The predicted octanol–water partition coefficient (Wildman–Crippen LogP) is 5.00. The Balaban J connectivity index is 1.33. The van der Waals surface area contributed by atoms with Crippen LogP contribution in [0.1, 0.15) is 50.7 Å². The summed E-state index contributed by atoms with van der Waals surface area (Å²) in [6.07, 6.45) is 5.60. The zero-order valence-corrected chi connectivity index (χ0v) is 17.4. The maximum Gasteiger partial charge on any atom is 0.0720 e. The second-order valence-electron chi connectivity index (χ2n) is 8.77. The lowest BCUT2D eigenvalue weighted by Crippen LogP contribution is -2.53. The first-order valence-electron chi connectivity index (χ1n) is 10.9. The number of hydrogen-bond donors (Lipinski definition) is 1. The summed E-state index contributed by atoms with van der Waals surface area (Å²) in [5.74, 6) is 0. The average molecular weight is 379 g/mol. The number of piperazine rings is 1. The lowest BCUT2D eigenvalue weighted by molar-refractivity contribution is 0.0457. The molecule has 0 radical (unpaired) electrons. The maximum atomic E-state index is 6.03. The van der Waals surface area contributed by atoms with Gasteiger partial charge < -0.3 is 10.1 Å². The molecule has 3 nitrogen and oxygen atoms in total. The summed E-state index contributed by atoms with van der Waals surface area (Å²) < 4.78 is 6.03. The maximum absolute atomic E-state index is 6.03. The Morgan fingerprint density at radius 1 is 0.821 bits per heavy atom. The molecule has 1 aliphatic heterocycles. The minimum absolute atomic E-state index is 0.480. The monoisotopic (exact) mass is 378 g/mol. The Bertz CT molecular complexity index is 724. The van der Waals surface area contributed by atoms with Gasteiger partial charge in [-0.1, -0.05) is 61.4 Å². The molecular formula is C25H34N2O.